The molecule has 0 amide bonds. The first-order valence-electron chi connectivity index (χ1n) is 9.76. The van der Waals surface area contributed by atoms with Gasteiger partial charge in [-0.25, -0.2) is 13.8 Å². The predicted octanol–water partition coefficient (Wildman–Crippen LogP) is 2.27. The monoisotopic (exact) mass is 474 g/mol. The molecule has 0 saturated carbocycles. The summed E-state index contributed by atoms with van der Waals surface area (Å²) >= 11 is -2.77. The largest absolute Gasteiger partial charge is 0.480 e. The fourth-order valence-corrected chi connectivity index (χ4v) is 3.84. The van der Waals surface area contributed by atoms with E-state index in [1.165, 1.54) is 23.6 Å². The smallest absolute Gasteiger partial charge is 0.339 e. The van der Waals surface area contributed by atoms with Gasteiger partial charge in [0, 0.05) is 11.7 Å². The van der Waals surface area contributed by atoms with E-state index < -0.39 is 46.4 Å². The number of esters is 1. The SMILES string of the molecule is C[C@](COC(=O)Cc1ccccc1)([C@@H](Nc1c(C(=O)O)cc2ccccn12)C(=O)O)S(=O)O. The lowest BCUT2D eigenvalue weighted by atomic mass is 10.0. The van der Waals surface area contributed by atoms with Crippen LogP contribution >= 0.6 is 0 Å². The first kappa shape index (κ1) is 24.0. The lowest BCUT2D eigenvalue weighted by molar-refractivity contribution is -0.146. The number of pyridine rings is 1. The first-order valence-corrected chi connectivity index (χ1v) is 10.9. The maximum Gasteiger partial charge on any atom is 0.339 e. The molecule has 1 aromatic carbocycles. The van der Waals surface area contributed by atoms with E-state index in [4.69, 9.17) is 4.74 Å². The van der Waals surface area contributed by atoms with Crippen molar-refractivity contribution in [1.29, 1.82) is 0 Å². The van der Waals surface area contributed by atoms with E-state index in [0.717, 1.165) is 0 Å². The van der Waals surface area contributed by atoms with Crippen LogP contribution in [0.15, 0.2) is 60.8 Å². The molecule has 0 saturated heterocycles. The van der Waals surface area contributed by atoms with E-state index in [0.29, 0.717) is 11.1 Å². The quantitative estimate of drug-likeness (QED) is 0.256. The molecule has 0 aliphatic rings. The number of aromatic nitrogens is 1. The van der Waals surface area contributed by atoms with Crippen LogP contribution in [-0.4, -0.2) is 58.7 Å². The maximum absolute atomic E-state index is 12.3. The van der Waals surface area contributed by atoms with Gasteiger partial charge in [-0.15, -0.1) is 0 Å². The number of ether oxygens (including phenoxy) is 1. The molecule has 0 radical (unpaired) electrons. The highest BCUT2D eigenvalue weighted by molar-refractivity contribution is 7.80. The summed E-state index contributed by atoms with van der Waals surface area (Å²) in [6, 6.07) is 13.2. The lowest BCUT2D eigenvalue weighted by Crippen LogP contribution is -2.55. The van der Waals surface area contributed by atoms with Crippen LogP contribution < -0.4 is 5.32 Å². The number of fused-ring (bicyclic) bond motifs is 1. The van der Waals surface area contributed by atoms with Gasteiger partial charge in [-0.1, -0.05) is 36.4 Å². The van der Waals surface area contributed by atoms with Crippen molar-refractivity contribution in [2.75, 3.05) is 11.9 Å². The standard InChI is InChI=1S/C22H22N2O8S/c1-22(33(30)31,13-32-17(25)11-14-7-3-2-4-8-14)18(21(28)29)23-19-16(20(26)27)12-15-9-5-6-10-24(15)19/h2-10,12,18,23H,11,13H2,1H3,(H,26,27)(H,28,29)(H,30,31)/t18-,22-/m0/s1. The van der Waals surface area contributed by atoms with E-state index in [2.05, 4.69) is 5.32 Å². The van der Waals surface area contributed by atoms with Crippen LogP contribution in [0.3, 0.4) is 0 Å². The Labute approximate surface area is 191 Å². The van der Waals surface area contributed by atoms with Crippen molar-refractivity contribution < 1.29 is 38.1 Å². The number of hydrogen-bond donors (Lipinski definition) is 4. The molecule has 3 atom stereocenters. The summed E-state index contributed by atoms with van der Waals surface area (Å²) in [7, 11) is 0. The predicted molar refractivity (Wildman–Crippen MR) is 120 cm³/mol. The number of aromatic carboxylic acids is 1. The zero-order valence-corrected chi connectivity index (χ0v) is 18.3. The average molecular weight is 474 g/mol. The van der Waals surface area contributed by atoms with Crippen LogP contribution in [0, 0.1) is 0 Å². The molecular weight excluding hydrogens is 452 g/mol. The molecule has 0 bridgehead atoms. The number of rotatable bonds is 10. The van der Waals surface area contributed by atoms with Gasteiger partial charge >= 0.3 is 17.9 Å². The Bertz CT molecular complexity index is 1210. The number of anilines is 1. The summed E-state index contributed by atoms with van der Waals surface area (Å²) in [6.45, 7) is 0.471. The number of benzene rings is 1. The van der Waals surface area contributed by atoms with Gasteiger partial charge in [0.1, 0.15) is 28.8 Å². The van der Waals surface area contributed by atoms with Gasteiger partial charge in [0.25, 0.3) is 0 Å². The molecule has 0 fully saturated rings. The molecule has 3 rings (SSSR count). The number of carbonyl (C=O) groups excluding carboxylic acids is 1. The number of aliphatic carboxylic acids is 1. The van der Waals surface area contributed by atoms with Crippen LogP contribution in [0.25, 0.3) is 5.52 Å². The molecule has 10 nitrogen and oxygen atoms in total. The van der Waals surface area contributed by atoms with Gasteiger partial charge < -0.3 is 29.2 Å². The van der Waals surface area contributed by atoms with Gasteiger partial charge in [0.15, 0.2) is 11.1 Å². The molecule has 0 spiro atoms. The van der Waals surface area contributed by atoms with E-state index in [-0.39, 0.29) is 17.8 Å². The molecule has 2 heterocycles. The van der Waals surface area contributed by atoms with Crippen molar-refractivity contribution in [3.05, 3.63) is 71.9 Å². The second-order valence-electron chi connectivity index (χ2n) is 7.51. The van der Waals surface area contributed by atoms with E-state index in [1.54, 1.807) is 48.5 Å². The van der Waals surface area contributed by atoms with Crippen molar-refractivity contribution >= 4 is 40.3 Å². The first-order chi connectivity index (χ1) is 15.6. The number of hydrogen-bond acceptors (Lipinski definition) is 6. The average Bonchev–Trinajstić information content (AvgIpc) is 3.15. The molecular formula is C22H22N2O8S. The van der Waals surface area contributed by atoms with E-state index >= 15 is 0 Å². The summed E-state index contributed by atoms with van der Waals surface area (Å²) in [6.07, 6.45) is 1.42. The van der Waals surface area contributed by atoms with Crippen molar-refractivity contribution in [3.8, 4) is 0 Å². The van der Waals surface area contributed by atoms with Crippen molar-refractivity contribution in [3.63, 3.8) is 0 Å². The summed E-state index contributed by atoms with van der Waals surface area (Å²) in [5.74, 6) is -3.63. The molecule has 4 N–H and O–H groups in total. The third kappa shape index (κ3) is 5.21. The Hall–Kier alpha value is -3.70. The summed E-state index contributed by atoms with van der Waals surface area (Å²) in [4.78, 5) is 36.1. The minimum atomic E-state index is -2.77. The van der Waals surface area contributed by atoms with Crippen molar-refractivity contribution in [2.45, 2.75) is 24.1 Å². The van der Waals surface area contributed by atoms with Gasteiger partial charge in [-0.05, 0) is 30.7 Å². The van der Waals surface area contributed by atoms with E-state index in [1.807, 2.05) is 0 Å². The van der Waals surface area contributed by atoms with Gasteiger partial charge in [-0.3, -0.25) is 4.79 Å². The number of carboxylic acid groups (broad SMARTS) is 2. The molecule has 33 heavy (non-hydrogen) atoms. The highest BCUT2D eigenvalue weighted by Gasteiger charge is 2.47. The summed E-state index contributed by atoms with van der Waals surface area (Å²) in [5, 5.41) is 22.0. The van der Waals surface area contributed by atoms with E-state index in [9.17, 15) is 33.4 Å². The lowest BCUT2D eigenvalue weighted by Gasteiger charge is -2.32. The second kappa shape index (κ2) is 9.84. The molecule has 0 aliphatic carbocycles. The van der Waals surface area contributed by atoms with Crippen molar-refractivity contribution in [2.24, 2.45) is 0 Å². The van der Waals surface area contributed by atoms with Crippen LogP contribution in [0.1, 0.15) is 22.8 Å². The van der Waals surface area contributed by atoms with Gasteiger partial charge in [0.2, 0.25) is 0 Å². The third-order valence-corrected chi connectivity index (χ3v) is 6.31. The number of carboxylic acids is 2. The number of nitrogens with one attached hydrogen (secondary N) is 1. The van der Waals surface area contributed by atoms with Crippen LogP contribution in [-0.2, 0) is 31.8 Å². The Balaban J connectivity index is 1.89. The fraction of sp³-hybridized carbons (Fsp3) is 0.227. The minimum Gasteiger partial charge on any atom is -0.480 e. The van der Waals surface area contributed by atoms with Crippen molar-refractivity contribution in [1.82, 2.24) is 4.40 Å². The van der Waals surface area contributed by atoms with Gasteiger partial charge in [0.05, 0.1) is 6.42 Å². The summed E-state index contributed by atoms with van der Waals surface area (Å²) < 4.78 is 26.8. The molecule has 2 aromatic heterocycles. The Morgan fingerprint density at radius 2 is 1.79 bits per heavy atom. The summed E-state index contributed by atoms with van der Waals surface area (Å²) in [5.41, 5.74) is 0.912. The topological polar surface area (TPSA) is 155 Å². The Kier molecular flexibility index (Phi) is 7.14. The van der Waals surface area contributed by atoms with Crippen LogP contribution in [0.5, 0.6) is 0 Å². The Morgan fingerprint density at radius 3 is 2.39 bits per heavy atom. The highest BCUT2D eigenvalue weighted by atomic mass is 32.2. The maximum atomic E-state index is 12.3. The zero-order chi connectivity index (χ0) is 24.2. The molecule has 3 aromatic rings. The minimum absolute atomic E-state index is 0.0854. The molecule has 174 valence electrons. The third-order valence-electron chi connectivity index (χ3n) is 5.16. The number of nitrogens with zero attached hydrogens (tertiary/aromatic N) is 1. The van der Waals surface area contributed by atoms with Gasteiger partial charge in [-0.2, -0.15) is 0 Å². The molecule has 11 heteroatoms. The number of carbonyl (C=O) groups is 3. The Morgan fingerprint density at radius 1 is 1.12 bits per heavy atom. The van der Waals surface area contributed by atoms with Crippen LogP contribution in [0.2, 0.25) is 0 Å². The fourth-order valence-electron chi connectivity index (χ4n) is 3.32. The zero-order valence-electron chi connectivity index (χ0n) is 17.5. The highest BCUT2D eigenvalue weighted by Crippen LogP contribution is 2.28. The molecule has 0 aliphatic heterocycles. The molecule has 1 unspecified atom stereocenters. The normalized spacial score (nSPS) is 14.7. The second-order valence-corrected chi connectivity index (χ2v) is 8.94. The van der Waals surface area contributed by atoms with Crippen LogP contribution in [0.4, 0.5) is 5.82 Å².